The Balaban J connectivity index is 0.00000312. The molecule has 7 nitrogen and oxygen atoms in total. The highest BCUT2D eigenvalue weighted by atomic mass is 35.5. The molecule has 0 aromatic heterocycles. The molecule has 0 bridgehead atoms. The highest BCUT2D eigenvalue weighted by Crippen LogP contribution is 2.18. The molecule has 2 amide bonds. The van der Waals surface area contributed by atoms with E-state index < -0.39 is 0 Å². The number of carbonyl (C=O) groups excluding carboxylic acids is 2. The van der Waals surface area contributed by atoms with Crippen molar-refractivity contribution < 1.29 is 14.3 Å². The molecule has 8 heteroatoms. The van der Waals surface area contributed by atoms with Crippen molar-refractivity contribution in [2.45, 2.75) is 12.8 Å². The summed E-state index contributed by atoms with van der Waals surface area (Å²) in [5.74, 6) is 0.557. The average molecular weight is 371 g/mol. The first-order chi connectivity index (χ1) is 11.6. The summed E-state index contributed by atoms with van der Waals surface area (Å²) in [5, 5.41) is 5.69. The maximum absolute atomic E-state index is 12.2. The van der Waals surface area contributed by atoms with E-state index >= 15 is 0 Å². The van der Waals surface area contributed by atoms with E-state index in [4.69, 9.17) is 10.5 Å². The second-order valence-corrected chi connectivity index (χ2v) is 5.93. The van der Waals surface area contributed by atoms with Gasteiger partial charge in [0, 0.05) is 31.4 Å². The molecule has 1 saturated heterocycles. The minimum atomic E-state index is -0.0914. The van der Waals surface area contributed by atoms with Crippen molar-refractivity contribution in [1.29, 1.82) is 0 Å². The van der Waals surface area contributed by atoms with Crippen LogP contribution in [0, 0.1) is 5.92 Å². The lowest BCUT2D eigenvalue weighted by molar-refractivity contribution is -0.127. The first-order valence-corrected chi connectivity index (χ1v) is 8.26. The zero-order valence-corrected chi connectivity index (χ0v) is 15.3. The number of hydrogen-bond donors (Lipinski definition) is 3. The van der Waals surface area contributed by atoms with Gasteiger partial charge in [-0.15, -0.1) is 12.4 Å². The van der Waals surface area contributed by atoms with Crippen molar-refractivity contribution in [3.05, 3.63) is 24.3 Å². The number of ether oxygens (including phenoxy) is 1. The van der Waals surface area contributed by atoms with E-state index in [0.29, 0.717) is 31.1 Å². The van der Waals surface area contributed by atoms with Crippen molar-refractivity contribution >= 4 is 29.9 Å². The number of benzene rings is 1. The molecule has 1 aromatic rings. The maximum Gasteiger partial charge on any atom is 0.238 e. The standard InChI is InChI=1S/C17H26N4O3.ClH/c1-24-15-6-2-5-14(10-15)20-16(22)12-21-9-3-4-13(11-21)17(23)19-8-7-18;/h2,5-6,10,13H,3-4,7-9,11-12,18H2,1H3,(H,19,23)(H,20,22);1H. The van der Waals surface area contributed by atoms with E-state index in [1.54, 1.807) is 13.2 Å². The number of piperidine rings is 1. The van der Waals surface area contributed by atoms with E-state index in [0.717, 1.165) is 19.4 Å². The van der Waals surface area contributed by atoms with E-state index in [2.05, 4.69) is 10.6 Å². The molecule has 0 aliphatic carbocycles. The molecular weight excluding hydrogens is 344 g/mol. The number of nitrogens with one attached hydrogen (secondary N) is 2. The number of amides is 2. The molecule has 1 aliphatic rings. The van der Waals surface area contributed by atoms with Crippen molar-refractivity contribution in [2.75, 3.05) is 45.2 Å². The fraction of sp³-hybridized carbons (Fsp3) is 0.529. The Morgan fingerprint density at radius 3 is 2.92 bits per heavy atom. The van der Waals surface area contributed by atoms with Gasteiger partial charge in [0.2, 0.25) is 11.8 Å². The van der Waals surface area contributed by atoms with Gasteiger partial charge in [0.1, 0.15) is 5.75 Å². The Bertz CT molecular complexity index is 571. The molecule has 1 atom stereocenters. The molecule has 0 radical (unpaired) electrons. The summed E-state index contributed by atoms with van der Waals surface area (Å²) >= 11 is 0. The number of hydrogen-bond acceptors (Lipinski definition) is 5. The lowest BCUT2D eigenvalue weighted by atomic mass is 9.97. The van der Waals surface area contributed by atoms with Gasteiger partial charge in [0.25, 0.3) is 0 Å². The zero-order chi connectivity index (χ0) is 17.4. The van der Waals surface area contributed by atoms with Gasteiger partial charge in [0.15, 0.2) is 0 Å². The SMILES string of the molecule is COc1cccc(NC(=O)CN2CCCC(C(=O)NCCN)C2)c1.Cl. The van der Waals surface area contributed by atoms with Crippen LogP contribution in [0.25, 0.3) is 0 Å². The summed E-state index contributed by atoms with van der Waals surface area (Å²) in [6.07, 6.45) is 1.76. The van der Waals surface area contributed by atoms with E-state index in [1.165, 1.54) is 0 Å². The fourth-order valence-corrected chi connectivity index (χ4v) is 2.86. The summed E-state index contributed by atoms with van der Waals surface area (Å²) in [5.41, 5.74) is 6.11. The smallest absolute Gasteiger partial charge is 0.238 e. The number of carbonyl (C=O) groups is 2. The molecule has 1 fully saturated rings. The normalized spacial score (nSPS) is 17.3. The first kappa shape index (κ1) is 21.2. The molecule has 1 aromatic carbocycles. The van der Waals surface area contributed by atoms with Crippen LogP contribution in [0.3, 0.4) is 0 Å². The van der Waals surface area contributed by atoms with Gasteiger partial charge in [-0.3, -0.25) is 14.5 Å². The topological polar surface area (TPSA) is 96.7 Å². The zero-order valence-electron chi connectivity index (χ0n) is 14.5. The van der Waals surface area contributed by atoms with Crippen LogP contribution in [0.2, 0.25) is 0 Å². The molecule has 2 rings (SSSR count). The number of likely N-dealkylation sites (tertiary alicyclic amines) is 1. The third-order valence-electron chi connectivity index (χ3n) is 4.04. The molecule has 25 heavy (non-hydrogen) atoms. The second kappa shape index (κ2) is 10.9. The Kier molecular flexibility index (Phi) is 9.26. The van der Waals surface area contributed by atoms with Crippen LogP contribution in [0.5, 0.6) is 5.75 Å². The van der Waals surface area contributed by atoms with Crippen molar-refractivity contribution in [3.63, 3.8) is 0 Å². The Morgan fingerprint density at radius 2 is 2.20 bits per heavy atom. The summed E-state index contributed by atoms with van der Waals surface area (Å²) in [4.78, 5) is 26.3. The van der Waals surface area contributed by atoms with Crippen molar-refractivity contribution in [2.24, 2.45) is 11.7 Å². The van der Waals surface area contributed by atoms with Gasteiger partial charge < -0.3 is 21.1 Å². The number of methoxy groups -OCH3 is 1. The molecule has 140 valence electrons. The minimum Gasteiger partial charge on any atom is -0.497 e. The molecular formula is C17H27ClN4O3. The molecule has 0 spiro atoms. The summed E-state index contributed by atoms with van der Waals surface area (Å²) < 4.78 is 5.14. The number of halogens is 1. The van der Waals surface area contributed by atoms with Crippen LogP contribution in [-0.2, 0) is 9.59 Å². The van der Waals surface area contributed by atoms with Crippen LogP contribution < -0.4 is 21.1 Å². The summed E-state index contributed by atoms with van der Waals surface area (Å²) in [7, 11) is 1.59. The molecule has 1 unspecified atom stereocenters. The third kappa shape index (κ3) is 6.89. The van der Waals surface area contributed by atoms with Gasteiger partial charge in [-0.25, -0.2) is 0 Å². The van der Waals surface area contributed by atoms with Gasteiger partial charge in [0.05, 0.1) is 19.6 Å². The number of nitrogens with zero attached hydrogens (tertiary/aromatic N) is 1. The van der Waals surface area contributed by atoms with Crippen LogP contribution in [0.1, 0.15) is 12.8 Å². The van der Waals surface area contributed by atoms with E-state index in [-0.39, 0.29) is 36.7 Å². The highest BCUT2D eigenvalue weighted by Gasteiger charge is 2.26. The Morgan fingerprint density at radius 1 is 1.40 bits per heavy atom. The van der Waals surface area contributed by atoms with Crippen LogP contribution in [-0.4, -0.2) is 56.5 Å². The monoisotopic (exact) mass is 370 g/mol. The van der Waals surface area contributed by atoms with Gasteiger partial charge in [-0.05, 0) is 31.5 Å². The number of anilines is 1. The minimum absolute atomic E-state index is 0. The number of nitrogens with two attached hydrogens (primary N) is 1. The second-order valence-electron chi connectivity index (χ2n) is 5.93. The van der Waals surface area contributed by atoms with Gasteiger partial charge in [-0.1, -0.05) is 6.07 Å². The summed E-state index contributed by atoms with van der Waals surface area (Å²) in [6, 6.07) is 7.24. The summed E-state index contributed by atoms with van der Waals surface area (Å²) in [6.45, 7) is 2.63. The predicted octanol–water partition coefficient (Wildman–Crippen LogP) is 0.842. The van der Waals surface area contributed by atoms with Crippen LogP contribution >= 0.6 is 12.4 Å². The van der Waals surface area contributed by atoms with Crippen molar-refractivity contribution in [3.8, 4) is 5.75 Å². The number of rotatable bonds is 7. The maximum atomic E-state index is 12.2. The molecule has 4 N–H and O–H groups in total. The molecule has 0 saturated carbocycles. The third-order valence-corrected chi connectivity index (χ3v) is 4.04. The molecule has 1 heterocycles. The predicted molar refractivity (Wildman–Crippen MR) is 100 cm³/mol. The van der Waals surface area contributed by atoms with Crippen LogP contribution in [0.4, 0.5) is 5.69 Å². The van der Waals surface area contributed by atoms with E-state index in [1.807, 2.05) is 23.1 Å². The average Bonchev–Trinajstić information content (AvgIpc) is 2.59. The largest absolute Gasteiger partial charge is 0.497 e. The fourth-order valence-electron chi connectivity index (χ4n) is 2.86. The van der Waals surface area contributed by atoms with E-state index in [9.17, 15) is 9.59 Å². The quantitative estimate of drug-likeness (QED) is 0.661. The molecule has 1 aliphatic heterocycles. The van der Waals surface area contributed by atoms with Crippen molar-refractivity contribution in [1.82, 2.24) is 10.2 Å². The van der Waals surface area contributed by atoms with Crippen LogP contribution in [0.15, 0.2) is 24.3 Å². The first-order valence-electron chi connectivity index (χ1n) is 8.26. The highest BCUT2D eigenvalue weighted by molar-refractivity contribution is 5.92. The van der Waals surface area contributed by atoms with Gasteiger partial charge in [-0.2, -0.15) is 0 Å². The van der Waals surface area contributed by atoms with Gasteiger partial charge >= 0.3 is 0 Å². The Labute approximate surface area is 154 Å². The lowest BCUT2D eigenvalue weighted by Gasteiger charge is -2.31. The lowest BCUT2D eigenvalue weighted by Crippen LogP contribution is -2.46. The Hall–Kier alpha value is -1.83.